The lowest BCUT2D eigenvalue weighted by atomic mass is 9.93. The number of para-hydroxylation sites is 1. The number of furan rings is 1. The molecule has 0 saturated heterocycles. The van der Waals surface area contributed by atoms with E-state index in [1.54, 1.807) is 0 Å². The summed E-state index contributed by atoms with van der Waals surface area (Å²) in [6.07, 6.45) is 0. The van der Waals surface area contributed by atoms with Crippen molar-refractivity contribution in [3.8, 4) is 78.4 Å². The maximum absolute atomic E-state index is 6.24. The van der Waals surface area contributed by atoms with Crippen LogP contribution in [-0.2, 0) is 0 Å². The summed E-state index contributed by atoms with van der Waals surface area (Å²) in [6.45, 7) is 0. The third-order valence-electron chi connectivity index (χ3n) is 13.8. The number of nitrogens with zero attached hydrogens (tertiary/aromatic N) is 2. The average Bonchev–Trinajstić information content (AvgIpc) is 3.95. The van der Waals surface area contributed by atoms with Gasteiger partial charge >= 0.3 is 0 Å². The molecular formula is C64H42N2OSi. The molecule has 2 aromatic heterocycles. The second kappa shape index (κ2) is 16.3. The summed E-state index contributed by atoms with van der Waals surface area (Å²) in [5.41, 5.74) is 15.9. The quantitative estimate of drug-likeness (QED) is 0.143. The Bertz CT molecular complexity index is 3810. The molecule has 0 spiro atoms. The molecule has 3 nitrogen and oxygen atoms in total. The SMILES string of the molecule is c1ccc(-c2cc(-c3ccc4oc5ccccc5c4c3)cc(-c3cc(-c4cccc(-c5ccc6c(c5)-c5ccccc5[Si]6(c5ccccc5)c5ccccc5)c4)nc(-c4ccccc4)n3)c2)cc1. The van der Waals surface area contributed by atoms with Crippen LogP contribution in [0.3, 0.4) is 0 Å². The van der Waals surface area contributed by atoms with Crippen LogP contribution in [0.4, 0.5) is 0 Å². The first-order valence-electron chi connectivity index (χ1n) is 23.2. The van der Waals surface area contributed by atoms with E-state index in [0.717, 1.165) is 77.8 Å². The lowest BCUT2D eigenvalue weighted by molar-refractivity contribution is 0.669. The van der Waals surface area contributed by atoms with E-state index in [1.165, 1.54) is 37.4 Å². The highest BCUT2D eigenvalue weighted by molar-refractivity contribution is 7.22. The second-order valence-electron chi connectivity index (χ2n) is 17.7. The molecule has 12 aromatic rings. The highest BCUT2D eigenvalue weighted by Gasteiger charge is 2.48. The summed E-state index contributed by atoms with van der Waals surface area (Å²) in [4.78, 5) is 10.6. The summed E-state index contributed by atoms with van der Waals surface area (Å²) in [7, 11) is -2.58. The summed E-state index contributed by atoms with van der Waals surface area (Å²) >= 11 is 0. The lowest BCUT2D eigenvalue weighted by Crippen LogP contribution is -2.72. The Morgan fingerprint density at radius 1 is 0.279 bits per heavy atom. The fraction of sp³-hybridized carbons (Fsp3) is 0. The van der Waals surface area contributed by atoms with Gasteiger partial charge in [0.15, 0.2) is 13.9 Å². The number of benzene rings is 10. The Balaban J connectivity index is 0.958. The van der Waals surface area contributed by atoms with Gasteiger partial charge in [0.25, 0.3) is 0 Å². The number of rotatable bonds is 8. The molecule has 0 aliphatic carbocycles. The molecule has 0 saturated carbocycles. The standard InChI is InChI=1S/C64H42N2OSi/c1-5-18-43(19-6-1)49-37-50(47-32-34-61-56(40-47)54-28-13-15-30-60(54)67-61)39-51(38-49)59-42-58(65-64(66-59)44-20-7-2-8-21-44)48-23-17-22-45(36-48)46-33-35-63-57(41-46)55-29-14-16-31-62(55)68(63,52-24-9-3-10-25-52)53-26-11-4-12-27-53/h1-42H. The Kier molecular flexibility index (Phi) is 9.51. The Morgan fingerprint density at radius 3 is 1.53 bits per heavy atom. The smallest absolute Gasteiger partial charge is 0.180 e. The molecule has 318 valence electrons. The third kappa shape index (κ3) is 6.65. The minimum absolute atomic E-state index is 0.679. The summed E-state index contributed by atoms with van der Waals surface area (Å²) in [5, 5.41) is 7.87. The molecule has 0 radical (unpaired) electrons. The zero-order valence-electron chi connectivity index (χ0n) is 37.1. The van der Waals surface area contributed by atoms with E-state index in [0.29, 0.717) is 5.82 Å². The van der Waals surface area contributed by atoms with Gasteiger partial charge in [-0.2, -0.15) is 0 Å². The van der Waals surface area contributed by atoms with Gasteiger partial charge in [0.1, 0.15) is 11.2 Å². The van der Waals surface area contributed by atoms with Gasteiger partial charge in [0.05, 0.1) is 11.4 Å². The number of aromatic nitrogens is 2. The van der Waals surface area contributed by atoms with Gasteiger partial charge in [-0.25, -0.2) is 9.97 Å². The first kappa shape index (κ1) is 39.6. The first-order valence-corrected chi connectivity index (χ1v) is 25.2. The molecule has 0 unspecified atom stereocenters. The number of hydrogen-bond donors (Lipinski definition) is 0. The van der Waals surface area contributed by atoms with Gasteiger partial charge in [-0.05, 0) is 120 Å². The van der Waals surface area contributed by atoms with Crippen molar-refractivity contribution in [1.82, 2.24) is 9.97 Å². The maximum Gasteiger partial charge on any atom is 0.180 e. The molecule has 0 bridgehead atoms. The predicted molar refractivity (Wildman–Crippen MR) is 285 cm³/mol. The maximum atomic E-state index is 6.24. The Morgan fingerprint density at radius 2 is 0.779 bits per heavy atom. The Hall–Kier alpha value is -8.70. The highest BCUT2D eigenvalue weighted by atomic mass is 28.3. The molecule has 0 N–H and O–H groups in total. The summed E-state index contributed by atoms with van der Waals surface area (Å²) in [5.74, 6) is 0.679. The van der Waals surface area contributed by atoms with Crippen molar-refractivity contribution in [2.24, 2.45) is 0 Å². The van der Waals surface area contributed by atoms with Gasteiger partial charge < -0.3 is 4.42 Å². The van der Waals surface area contributed by atoms with Gasteiger partial charge in [-0.15, -0.1) is 0 Å². The van der Waals surface area contributed by atoms with Crippen LogP contribution in [0.1, 0.15) is 0 Å². The van der Waals surface area contributed by atoms with Crippen molar-refractivity contribution in [3.05, 3.63) is 255 Å². The fourth-order valence-corrected chi connectivity index (χ4v) is 15.8. The van der Waals surface area contributed by atoms with Crippen molar-refractivity contribution in [2.45, 2.75) is 0 Å². The third-order valence-corrected chi connectivity index (χ3v) is 18.6. The minimum atomic E-state index is -2.58. The number of hydrogen-bond acceptors (Lipinski definition) is 3. The molecule has 0 atom stereocenters. The lowest BCUT2D eigenvalue weighted by Gasteiger charge is -2.31. The van der Waals surface area contributed by atoms with E-state index in [-0.39, 0.29) is 0 Å². The van der Waals surface area contributed by atoms with Gasteiger partial charge in [0.2, 0.25) is 0 Å². The van der Waals surface area contributed by atoms with Crippen LogP contribution in [0.2, 0.25) is 0 Å². The van der Waals surface area contributed by atoms with Crippen LogP contribution in [-0.4, -0.2) is 18.0 Å². The van der Waals surface area contributed by atoms with Crippen LogP contribution in [0, 0.1) is 0 Å². The van der Waals surface area contributed by atoms with Crippen molar-refractivity contribution in [2.75, 3.05) is 0 Å². The summed E-state index contributed by atoms with van der Waals surface area (Å²) < 4.78 is 6.24. The normalized spacial score (nSPS) is 12.5. The van der Waals surface area contributed by atoms with Gasteiger partial charge in [-0.3, -0.25) is 0 Å². The fourth-order valence-electron chi connectivity index (χ4n) is 10.6. The van der Waals surface area contributed by atoms with Crippen molar-refractivity contribution in [1.29, 1.82) is 0 Å². The largest absolute Gasteiger partial charge is 0.456 e. The molecule has 4 heteroatoms. The minimum Gasteiger partial charge on any atom is -0.456 e. The molecule has 0 fully saturated rings. The molecule has 1 aliphatic rings. The van der Waals surface area contributed by atoms with Gasteiger partial charge in [-0.1, -0.05) is 200 Å². The predicted octanol–water partition coefficient (Wildman–Crippen LogP) is 13.7. The zero-order chi connectivity index (χ0) is 45.0. The second-order valence-corrected chi connectivity index (χ2v) is 21.4. The van der Waals surface area contributed by atoms with Crippen LogP contribution in [0.15, 0.2) is 259 Å². The van der Waals surface area contributed by atoms with E-state index >= 15 is 0 Å². The average molecular weight is 883 g/mol. The summed E-state index contributed by atoms with van der Waals surface area (Å²) in [6, 6.07) is 92.1. The van der Waals surface area contributed by atoms with E-state index < -0.39 is 8.07 Å². The topological polar surface area (TPSA) is 38.9 Å². The molecule has 1 aliphatic heterocycles. The molecular weight excluding hydrogens is 841 g/mol. The molecule has 3 heterocycles. The zero-order valence-corrected chi connectivity index (χ0v) is 38.1. The van der Waals surface area contributed by atoms with Crippen molar-refractivity contribution >= 4 is 50.8 Å². The molecule has 0 amide bonds. The molecule has 13 rings (SSSR count). The van der Waals surface area contributed by atoms with Gasteiger partial charge in [0, 0.05) is 27.5 Å². The van der Waals surface area contributed by atoms with E-state index in [4.69, 9.17) is 14.4 Å². The Labute approximate surface area is 396 Å². The van der Waals surface area contributed by atoms with Crippen molar-refractivity contribution < 1.29 is 4.42 Å². The van der Waals surface area contributed by atoms with Crippen LogP contribution < -0.4 is 20.7 Å². The first-order chi connectivity index (χ1) is 33.7. The van der Waals surface area contributed by atoms with E-state index in [1.807, 2.05) is 18.2 Å². The van der Waals surface area contributed by atoms with Crippen LogP contribution >= 0.6 is 0 Å². The molecule has 68 heavy (non-hydrogen) atoms. The van der Waals surface area contributed by atoms with Crippen LogP contribution in [0.5, 0.6) is 0 Å². The highest BCUT2D eigenvalue weighted by Crippen LogP contribution is 2.39. The van der Waals surface area contributed by atoms with E-state index in [9.17, 15) is 0 Å². The monoisotopic (exact) mass is 882 g/mol. The van der Waals surface area contributed by atoms with Crippen molar-refractivity contribution in [3.63, 3.8) is 0 Å². The number of fused-ring (bicyclic) bond motifs is 6. The van der Waals surface area contributed by atoms with Crippen LogP contribution in [0.25, 0.3) is 100 Å². The van der Waals surface area contributed by atoms with E-state index in [2.05, 4.69) is 237 Å². The molecule has 10 aromatic carbocycles.